The standard InChI is InChI=1S/C21H25N3O2/c1-16(25)22-20-10-6-8-18(14-20)21(26)23-19-9-5-7-17(13-19)15-24-11-3-2-4-12-24/h5-10,13-14H,2-4,11-12,15H2,1H3,(H,22,25)(H,23,26). The van der Waals surface area contributed by atoms with Gasteiger partial charge in [-0.25, -0.2) is 0 Å². The molecule has 0 aromatic heterocycles. The topological polar surface area (TPSA) is 61.4 Å². The number of likely N-dealkylation sites (tertiary alicyclic amines) is 1. The molecule has 0 saturated carbocycles. The van der Waals surface area contributed by atoms with Crippen LogP contribution in [0.1, 0.15) is 42.1 Å². The third kappa shape index (κ3) is 5.17. The predicted octanol–water partition coefficient (Wildman–Crippen LogP) is 3.88. The minimum absolute atomic E-state index is 0.159. The monoisotopic (exact) mass is 351 g/mol. The lowest BCUT2D eigenvalue weighted by Gasteiger charge is -2.26. The van der Waals surface area contributed by atoms with Crippen molar-refractivity contribution in [2.24, 2.45) is 0 Å². The second-order valence-electron chi connectivity index (χ2n) is 6.75. The Hall–Kier alpha value is -2.66. The van der Waals surface area contributed by atoms with Crippen molar-refractivity contribution >= 4 is 23.2 Å². The van der Waals surface area contributed by atoms with Crippen LogP contribution in [0.2, 0.25) is 0 Å². The Kier molecular flexibility index (Phi) is 6.02. The first-order chi connectivity index (χ1) is 12.6. The number of carbonyl (C=O) groups excluding carboxylic acids is 2. The normalized spacial score (nSPS) is 14.7. The maximum Gasteiger partial charge on any atom is 0.255 e. The van der Waals surface area contributed by atoms with E-state index >= 15 is 0 Å². The zero-order chi connectivity index (χ0) is 18.4. The van der Waals surface area contributed by atoms with E-state index in [-0.39, 0.29) is 11.8 Å². The maximum absolute atomic E-state index is 12.5. The van der Waals surface area contributed by atoms with Crippen molar-refractivity contribution in [1.82, 2.24) is 4.90 Å². The molecule has 1 fully saturated rings. The van der Waals surface area contributed by atoms with Crippen molar-refractivity contribution < 1.29 is 9.59 Å². The average Bonchev–Trinajstić information content (AvgIpc) is 2.62. The fourth-order valence-electron chi connectivity index (χ4n) is 3.27. The van der Waals surface area contributed by atoms with Gasteiger partial charge in [0.15, 0.2) is 0 Å². The van der Waals surface area contributed by atoms with Gasteiger partial charge in [0.2, 0.25) is 5.91 Å². The molecule has 5 nitrogen and oxygen atoms in total. The number of hydrogen-bond donors (Lipinski definition) is 2. The molecule has 2 N–H and O–H groups in total. The lowest BCUT2D eigenvalue weighted by Crippen LogP contribution is -2.29. The number of carbonyl (C=O) groups is 2. The molecule has 2 aromatic carbocycles. The number of hydrogen-bond acceptors (Lipinski definition) is 3. The SMILES string of the molecule is CC(=O)Nc1cccc(C(=O)Nc2cccc(CN3CCCCC3)c2)c1. The van der Waals surface area contributed by atoms with Gasteiger partial charge in [-0.3, -0.25) is 14.5 Å². The molecule has 1 aliphatic rings. The van der Waals surface area contributed by atoms with Gasteiger partial charge >= 0.3 is 0 Å². The summed E-state index contributed by atoms with van der Waals surface area (Å²) >= 11 is 0. The highest BCUT2D eigenvalue weighted by molar-refractivity contribution is 6.05. The summed E-state index contributed by atoms with van der Waals surface area (Å²) in [5, 5.41) is 5.64. The van der Waals surface area contributed by atoms with Crippen LogP contribution in [0.25, 0.3) is 0 Å². The van der Waals surface area contributed by atoms with Crippen LogP contribution in [0.5, 0.6) is 0 Å². The number of rotatable bonds is 5. The largest absolute Gasteiger partial charge is 0.326 e. The van der Waals surface area contributed by atoms with Gasteiger partial charge in [0.05, 0.1) is 0 Å². The highest BCUT2D eigenvalue weighted by atomic mass is 16.2. The van der Waals surface area contributed by atoms with E-state index in [0.717, 1.165) is 25.3 Å². The van der Waals surface area contributed by atoms with E-state index in [9.17, 15) is 9.59 Å². The molecule has 5 heteroatoms. The van der Waals surface area contributed by atoms with Crippen LogP contribution in [0.3, 0.4) is 0 Å². The van der Waals surface area contributed by atoms with Gasteiger partial charge in [-0.2, -0.15) is 0 Å². The van der Waals surface area contributed by atoms with Crippen LogP contribution >= 0.6 is 0 Å². The van der Waals surface area contributed by atoms with E-state index < -0.39 is 0 Å². The summed E-state index contributed by atoms with van der Waals surface area (Å²) in [6.07, 6.45) is 3.85. The van der Waals surface area contributed by atoms with Crippen molar-refractivity contribution in [2.45, 2.75) is 32.7 Å². The summed E-state index contributed by atoms with van der Waals surface area (Å²) in [6, 6.07) is 14.9. The average molecular weight is 351 g/mol. The molecule has 0 bridgehead atoms. The van der Waals surface area contributed by atoms with Gasteiger partial charge in [0.1, 0.15) is 0 Å². The Labute approximate surface area is 154 Å². The van der Waals surface area contributed by atoms with Gasteiger partial charge in [-0.05, 0) is 61.8 Å². The van der Waals surface area contributed by atoms with Gasteiger partial charge in [0, 0.05) is 30.4 Å². The smallest absolute Gasteiger partial charge is 0.255 e. The van der Waals surface area contributed by atoms with Gasteiger partial charge in [0.25, 0.3) is 5.91 Å². The second kappa shape index (κ2) is 8.63. The molecule has 136 valence electrons. The molecule has 0 radical (unpaired) electrons. The Morgan fingerprint density at radius 1 is 0.923 bits per heavy atom. The van der Waals surface area contributed by atoms with Crippen LogP contribution < -0.4 is 10.6 Å². The molecule has 26 heavy (non-hydrogen) atoms. The summed E-state index contributed by atoms with van der Waals surface area (Å²) < 4.78 is 0. The molecule has 0 spiro atoms. The van der Waals surface area contributed by atoms with Crippen molar-refractivity contribution in [3.05, 3.63) is 59.7 Å². The molecule has 0 aliphatic carbocycles. The molecular weight excluding hydrogens is 326 g/mol. The van der Waals surface area contributed by atoms with Gasteiger partial charge in [-0.15, -0.1) is 0 Å². The fourth-order valence-corrected chi connectivity index (χ4v) is 3.27. The Bertz CT molecular complexity index is 782. The zero-order valence-corrected chi connectivity index (χ0v) is 15.1. The Morgan fingerprint density at radius 2 is 1.62 bits per heavy atom. The van der Waals surface area contributed by atoms with Gasteiger partial charge in [-0.1, -0.05) is 24.6 Å². The van der Waals surface area contributed by atoms with E-state index in [1.807, 2.05) is 18.2 Å². The highest BCUT2D eigenvalue weighted by Gasteiger charge is 2.11. The number of piperidine rings is 1. The molecule has 2 aromatic rings. The fraction of sp³-hybridized carbons (Fsp3) is 0.333. The molecule has 0 atom stereocenters. The van der Waals surface area contributed by atoms with Gasteiger partial charge < -0.3 is 10.6 Å². The van der Waals surface area contributed by atoms with Crippen LogP contribution in [-0.4, -0.2) is 29.8 Å². The Balaban J connectivity index is 1.65. The second-order valence-corrected chi connectivity index (χ2v) is 6.75. The summed E-state index contributed by atoms with van der Waals surface area (Å²) in [5.74, 6) is -0.347. The van der Waals surface area contributed by atoms with Crippen molar-refractivity contribution in [3.8, 4) is 0 Å². The summed E-state index contributed by atoms with van der Waals surface area (Å²) in [5.41, 5.74) is 3.12. The van der Waals surface area contributed by atoms with Crippen molar-refractivity contribution in [2.75, 3.05) is 23.7 Å². The van der Waals surface area contributed by atoms with Crippen LogP contribution in [0.4, 0.5) is 11.4 Å². The molecule has 2 amide bonds. The maximum atomic E-state index is 12.5. The van der Waals surface area contributed by atoms with E-state index in [1.54, 1.807) is 24.3 Å². The number of benzene rings is 2. The third-order valence-corrected chi connectivity index (χ3v) is 4.48. The van der Waals surface area contributed by atoms with Crippen molar-refractivity contribution in [3.63, 3.8) is 0 Å². The molecule has 1 aliphatic heterocycles. The summed E-state index contributed by atoms with van der Waals surface area (Å²) in [7, 11) is 0. The van der Waals surface area contributed by atoms with Crippen LogP contribution in [-0.2, 0) is 11.3 Å². The Morgan fingerprint density at radius 3 is 2.35 bits per heavy atom. The lowest BCUT2D eigenvalue weighted by atomic mass is 10.1. The van der Waals surface area contributed by atoms with Crippen LogP contribution in [0.15, 0.2) is 48.5 Å². The molecule has 1 saturated heterocycles. The first-order valence-corrected chi connectivity index (χ1v) is 9.10. The number of amides is 2. The number of nitrogens with one attached hydrogen (secondary N) is 2. The number of anilines is 2. The minimum atomic E-state index is -0.188. The third-order valence-electron chi connectivity index (χ3n) is 4.48. The minimum Gasteiger partial charge on any atom is -0.326 e. The molecular formula is C21H25N3O2. The summed E-state index contributed by atoms with van der Waals surface area (Å²) in [4.78, 5) is 26.1. The van der Waals surface area contributed by atoms with E-state index in [0.29, 0.717) is 11.3 Å². The molecule has 0 unspecified atom stereocenters. The molecule has 3 rings (SSSR count). The van der Waals surface area contributed by atoms with E-state index in [1.165, 1.54) is 31.7 Å². The first kappa shape index (κ1) is 18.1. The summed E-state index contributed by atoms with van der Waals surface area (Å²) in [6.45, 7) is 4.65. The van der Waals surface area contributed by atoms with Crippen LogP contribution in [0, 0.1) is 0 Å². The number of nitrogens with zero attached hydrogens (tertiary/aromatic N) is 1. The first-order valence-electron chi connectivity index (χ1n) is 9.10. The molecule has 1 heterocycles. The quantitative estimate of drug-likeness (QED) is 0.859. The van der Waals surface area contributed by atoms with E-state index in [2.05, 4.69) is 21.6 Å². The lowest BCUT2D eigenvalue weighted by molar-refractivity contribution is -0.114. The zero-order valence-electron chi connectivity index (χ0n) is 15.1. The van der Waals surface area contributed by atoms with Crippen molar-refractivity contribution in [1.29, 1.82) is 0 Å². The van der Waals surface area contributed by atoms with E-state index in [4.69, 9.17) is 0 Å². The predicted molar refractivity (Wildman–Crippen MR) is 104 cm³/mol. The highest BCUT2D eigenvalue weighted by Crippen LogP contribution is 2.18.